The highest BCUT2D eigenvalue weighted by atomic mass is 19.1. The summed E-state index contributed by atoms with van der Waals surface area (Å²) < 4.78 is 32.3. The molecule has 0 atom stereocenters. The molecule has 15 heavy (non-hydrogen) atoms. The summed E-state index contributed by atoms with van der Waals surface area (Å²) in [5.74, 6) is -1.52. The van der Waals surface area contributed by atoms with Crippen LogP contribution in [-0.2, 0) is 0 Å². The van der Waals surface area contributed by atoms with Gasteiger partial charge in [-0.2, -0.15) is 0 Å². The van der Waals surface area contributed by atoms with Gasteiger partial charge >= 0.3 is 0 Å². The molecule has 2 rings (SSSR count). The molecule has 2 nitrogen and oxygen atoms in total. The highest BCUT2D eigenvalue weighted by molar-refractivity contribution is 5.32. The molecule has 0 aromatic heterocycles. The zero-order valence-corrected chi connectivity index (χ0v) is 8.73. The minimum Gasteiger partial charge on any atom is -0.479 e. The first-order valence-corrected chi connectivity index (χ1v) is 4.86. The maximum atomic E-state index is 13.6. The van der Waals surface area contributed by atoms with E-state index in [1.807, 2.05) is 6.92 Å². The van der Waals surface area contributed by atoms with Crippen LogP contribution in [0.2, 0.25) is 0 Å². The van der Waals surface area contributed by atoms with E-state index in [0.29, 0.717) is 18.7 Å². The van der Waals surface area contributed by atoms with Gasteiger partial charge in [0.15, 0.2) is 17.4 Å². The zero-order valence-electron chi connectivity index (χ0n) is 8.73. The van der Waals surface area contributed by atoms with Crippen LogP contribution in [0.5, 0.6) is 5.75 Å². The quantitative estimate of drug-likeness (QED) is 0.811. The van der Waals surface area contributed by atoms with Crippen molar-refractivity contribution in [3.05, 3.63) is 29.3 Å². The second kappa shape index (κ2) is 3.45. The van der Waals surface area contributed by atoms with Gasteiger partial charge in [-0.05, 0) is 25.5 Å². The third-order valence-electron chi connectivity index (χ3n) is 2.59. The Bertz CT molecular complexity index is 388. The lowest BCUT2D eigenvalue weighted by Gasteiger charge is -2.39. The molecule has 1 aliphatic rings. The third-order valence-corrected chi connectivity index (χ3v) is 2.59. The fourth-order valence-corrected chi connectivity index (χ4v) is 1.52. The second-order valence-corrected chi connectivity index (χ2v) is 4.16. The van der Waals surface area contributed by atoms with Gasteiger partial charge in [-0.1, -0.05) is 6.07 Å². The lowest BCUT2D eigenvalue weighted by atomic mass is 10.00. The largest absolute Gasteiger partial charge is 0.479 e. The number of rotatable bonds is 2. The minimum absolute atomic E-state index is 0.265. The number of benzene rings is 1. The third kappa shape index (κ3) is 1.81. The van der Waals surface area contributed by atoms with E-state index in [2.05, 4.69) is 5.32 Å². The lowest BCUT2D eigenvalue weighted by molar-refractivity contribution is 0.0271. The average Bonchev–Trinajstić information content (AvgIpc) is 2.16. The van der Waals surface area contributed by atoms with Crippen LogP contribution in [-0.4, -0.2) is 18.7 Å². The van der Waals surface area contributed by atoms with Crippen molar-refractivity contribution >= 4 is 0 Å². The Morgan fingerprint density at radius 1 is 1.33 bits per heavy atom. The molecule has 0 unspecified atom stereocenters. The molecule has 0 spiro atoms. The van der Waals surface area contributed by atoms with Crippen LogP contribution in [0.3, 0.4) is 0 Å². The van der Waals surface area contributed by atoms with Crippen molar-refractivity contribution in [1.82, 2.24) is 5.32 Å². The van der Waals surface area contributed by atoms with Crippen molar-refractivity contribution in [1.29, 1.82) is 0 Å². The van der Waals surface area contributed by atoms with Gasteiger partial charge in [0.1, 0.15) is 5.60 Å². The molecule has 1 saturated heterocycles. The Hall–Kier alpha value is -1.16. The molecule has 0 aliphatic carbocycles. The number of ether oxygens (including phenoxy) is 1. The molecule has 0 radical (unpaired) electrons. The summed E-state index contributed by atoms with van der Waals surface area (Å²) in [4.78, 5) is 0. The summed E-state index contributed by atoms with van der Waals surface area (Å²) in [6.07, 6.45) is 0. The predicted octanol–water partition coefficient (Wildman–Crippen LogP) is 2.01. The average molecular weight is 213 g/mol. The Morgan fingerprint density at radius 3 is 2.53 bits per heavy atom. The molecule has 82 valence electrons. The van der Waals surface area contributed by atoms with Crippen molar-refractivity contribution in [3.63, 3.8) is 0 Å². The van der Waals surface area contributed by atoms with Crippen molar-refractivity contribution < 1.29 is 13.5 Å². The van der Waals surface area contributed by atoms with Crippen molar-refractivity contribution in [3.8, 4) is 5.75 Å². The highest BCUT2D eigenvalue weighted by Gasteiger charge is 2.35. The number of nitrogens with one attached hydrogen (secondary N) is 1. The number of halogens is 2. The summed E-state index contributed by atoms with van der Waals surface area (Å²) in [5, 5.41) is 3.01. The standard InChI is InChI=1S/C11H13F2NO/c1-7-3-4-8(12)10(9(7)13)15-11(2)5-14-6-11/h3-4,14H,5-6H2,1-2H3. The molecule has 0 amide bonds. The topological polar surface area (TPSA) is 21.3 Å². The van der Waals surface area contributed by atoms with E-state index in [0.717, 1.165) is 0 Å². The van der Waals surface area contributed by atoms with E-state index in [9.17, 15) is 8.78 Å². The molecule has 0 saturated carbocycles. The molecule has 1 heterocycles. The lowest BCUT2D eigenvalue weighted by Crippen LogP contribution is -2.61. The SMILES string of the molecule is Cc1ccc(F)c(OC2(C)CNC2)c1F. The number of hydrogen-bond acceptors (Lipinski definition) is 2. The maximum Gasteiger partial charge on any atom is 0.191 e. The molecule has 1 N–H and O–H groups in total. The Balaban J connectivity index is 2.30. The summed E-state index contributed by atoms with van der Waals surface area (Å²) in [5.41, 5.74) is -0.0996. The minimum atomic E-state index is -0.647. The molecule has 4 heteroatoms. The van der Waals surface area contributed by atoms with Crippen LogP contribution in [0.15, 0.2) is 12.1 Å². The summed E-state index contributed by atoms with van der Waals surface area (Å²) in [6.45, 7) is 4.63. The first kappa shape index (κ1) is 10.4. The van der Waals surface area contributed by atoms with Crippen LogP contribution in [0.4, 0.5) is 8.78 Å². The van der Waals surface area contributed by atoms with E-state index in [1.165, 1.54) is 12.1 Å². The first-order chi connectivity index (χ1) is 7.02. The fraction of sp³-hybridized carbons (Fsp3) is 0.455. The van der Waals surface area contributed by atoms with Gasteiger partial charge in [0.25, 0.3) is 0 Å². The maximum absolute atomic E-state index is 13.6. The molecular weight excluding hydrogens is 200 g/mol. The van der Waals surface area contributed by atoms with Gasteiger partial charge < -0.3 is 10.1 Å². The second-order valence-electron chi connectivity index (χ2n) is 4.16. The number of hydrogen-bond donors (Lipinski definition) is 1. The van der Waals surface area contributed by atoms with Crippen LogP contribution in [0.25, 0.3) is 0 Å². The van der Waals surface area contributed by atoms with Crippen molar-refractivity contribution in [2.24, 2.45) is 0 Å². The normalized spacial score (nSPS) is 18.4. The number of aryl methyl sites for hydroxylation is 1. The molecule has 1 aromatic rings. The van der Waals surface area contributed by atoms with E-state index < -0.39 is 17.2 Å². The van der Waals surface area contributed by atoms with Crippen LogP contribution < -0.4 is 10.1 Å². The van der Waals surface area contributed by atoms with Gasteiger partial charge in [-0.25, -0.2) is 8.78 Å². The van der Waals surface area contributed by atoms with E-state index in [1.54, 1.807) is 6.92 Å². The predicted molar refractivity (Wildman–Crippen MR) is 53.0 cm³/mol. The van der Waals surface area contributed by atoms with Crippen LogP contribution >= 0.6 is 0 Å². The molecule has 1 fully saturated rings. The van der Waals surface area contributed by atoms with Crippen LogP contribution in [0, 0.1) is 18.6 Å². The van der Waals surface area contributed by atoms with Gasteiger partial charge in [-0.3, -0.25) is 0 Å². The monoisotopic (exact) mass is 213 g/mol. The Kier molecular flexibility index (Phi) is 2.38. The van der Waals surface area contributed by atoms with E-state index >= 15 is 0 Å². The fourth-order valence-electron chi connectivity index (χ4n) is 1.52. The summed E-state index contributed by atoms with van der Waals surface area (Å²) in [7, 11) is 0. The van der Waals surface area contributed by atoms with Gasteiger partial charge in [0, 0.05) is 13.1 Å². The van der Waals surface area contributed by atoms with Crippen LogP contribution in [0.1, 0.15) is 12.5 Å². The van der Waals surface area contributed by atoms with E-state index in [4.69, 9.17) is 4.74 Å². The molecule has 0 bridgehead atoms. The van der Waals surface area contributed by atoms with Crippen molar-refractivity contribution in [2.75, 3.05) is 13.1 Å². The Morgan fingerprint density at radius 2 is 2.00 bits per heavy atom. The van der Waals surface area contributed by atoms with Gasteiger partial charge in [0.2, 0.25) is 0 Å². The Labute approximate surface area is 87.2 Å². The smallest absolute Gasteiger partial charge is 0.191 e. The molecule has 1 aromatic carbocycles. The first-order valence-electron chi connectivity index (χ1n) is 4.86. The highest BCUT2D eigenvalue weighted by Crippen LogP contribution is 2.29. The summed E-state index contributed by atoms with van der Waals surface area (Å²) in [6, 6.07) is 2.63. The van der Waals surface area contributed by atoms with Gasteiger partial charge in [0.05, 0.1) is 0 Å². The van der Waals surface area contributed by atoms with Gasteiger partial charge in [-0.15, -0.1) is 0 Å². The van der Waals surface area contributed by atoms with E-state index in [-0.39, 0.29) is 5.75 Å². The molecule has 1 aliphatic heterocycles. The summed E-state index contributed by atoms with van der Waals surface area (Å²) >= 11 is 0. The zero-order chi connectivity index (χ0) is 11.1. The van der Waals surface area contributed by atoms with Crippen molar-refractivity contribution in [2.45, 2.75) is 19.4 Å². The molecular formula is C11H13F2NO.